The molecule has 1 unspecified atom stereocenters. The smallest absolute Gasteiger partial charge is 0.224 e. The number of nitrogens with zero attached hydrogens (tertiary/aromatic N) is 1. The van der Waals surface area contributed by atoms with Crippen LogP contribution in [0.4, 0.5) is 0 Å². The Morgan fingerprint density at radius 1 is 1.42 bits per heavy atom. The third-order valence-electron chi connectivity index (χ3n) is 4.51. The number of rotatable bonds is 7. The lowest BCUT2D eigenvalue weighted by molar-refractivity contribution is -0.126. The van der Waals surface area contributed by atoms with Crippen molar-refractivity contribution in [2.75, 3.05) is 33.3 Å². The largest absolute Gasteiger partial charge is 0.497 e. The number of nitrogens with one attached hydrogen (secondary N) is 1. The van der Waals surface area contributed by atoms with E-state index in [1.165, 1.54) is 11.1 Å². The van der Waals surface area contributed by atoms with Crippen LogP contribution in [0, 0.1) is 5.92 Å². The minimum atomic E-state index is 0. The molecule has 0 saturated carbocycles. The van der Waals surface area contributed by atoms with Gasteiger partial charge in [-0.3, -0.25) is 9.69 Å². The Morgan fingerprint density at radius 2 is 2.21 bits per heavy atom. The van der Waals surface area contributed by atoms with Crippen LogP contribution in [0.15, 0.2) is 18.2 Å². The highest BCUT2D eigenvalue weighted by Gasteiger charge is 2.25. The van der Waals surface area contributed by atoms with Gasteiger partial charge in [0.2, 0.25) is 5.91 Å². The third kappa shape index (κ3) is 5.65. The molecule has 1 aliphatic rings. The zero-order valence-electron chi connectivity index (χ0n) is 14.7. The standard InChI is InChI=1S/C18H29N3O2.ClH/c1-3-14-11-17(23-2)7-6-15(14)12-21-10-4-5-16(13-21)18(22)20-9-8-19;/h6-7,11,16H,3-5,8-10,12-13,19H2,1-2H3,(H,20,22);1H. The first-order valence-electron chi connectivity index (χ1n) is 8.53. The van der Waals surface area contributed by atoms with E-state index < -0.39 is 0 Å². The Morgan fingerprint density at radius 3 is 2.88 bits per heavy atom. The molecule has 1 saturated heterocycles. The van der Waals surface area contributed by atoms with Crippen molar-refractivity contribution in [2.45, 2.75) is 32.7 Å². The number of benzene rings is 1. The van der Waals surface area contributed by atoms with Crippen LogP contribution in [0.2, 0.25) is 0 Å². The van der Waals surface area contributed by atoms with Crippen molar-refractivity contribution in [3.8, 4) is 5.75 Å². The molecule has 5 nitrogen and oxygen atoms in total. The van der Waals surface area contributed by atoms with E-state index in [1.54, 1.807) is 7.11 Å². The topological polar surface area (TPSA) is 67.6 Å². The van der Waals surface area contributed by atoms with Crippen molar-refractivity contribution in [2.24, 2.45) is 11.7 Å². The van der Waals surface area contributed by atoms with E-state index >= 15 is 0 Å². The summed E-state index contributed by atoms with van der Waals surface area (Å²) in [6, 6.07) is 6.28. The lowest BCUT2D eigenvalue weighted by Gasteiger charge is -2.32. The first-order valence-corrected chi connectivity index (χ1v) is 8.53. The zero-order chi connectivity index (χ0) is 16.7. The summed E-state index contributed by atoms with van der Waals surface area (Å²) in [7, 11) is 1.70. The Hall–Kier alpha value is -1.30. The molecule has 1 atom stereocenters. The average molecular weight is 356 g/mol. The number of methoxy groups -OCH3 is 1. The lowest BCUT2D eigenvalue weighted by Crippen LogP contribution is -2.43. The zero-order valence-corrected chi connectivity index (χ0v) is 15.5. The van der Waals surface area contributed by atoms with Crippen molar-refractivity contribution in [3.05, 3.63) is 29.3 Å². The lowest BCUT2D eigenvalue weighted by atomic mass is 9.96. The van der Waals surface area contributed by atoms with Gasteiger partial charge in [-0.15, -0.1) is 12.4 Å². The van der Waals surface area contributed by atoms with Crippen LogP contribution in [-0.2, 0) is 17.8 Å². The molecule has 1 amide bonds. The maximum absolute atomic E-state index is 12.2. The molecular formula is C18H30ClN3O2. The molecular weight excluding hydrogens is 326 g/mol. The number of hydrogen-bond acceptors (Lipinski definition) is 4. The fraction of sp³-hybridized carbons (Fsp3) is 0.611. The molecule has 24 heavy (non-hydrogen) atoms. The SMILES string of the molecule is CCc1cc(OC)ccc1CN1CCCC(C(=O)NCCN)C1.Cl. The molecule has 1 fully saturated rings. The maximum Gasteiger partial charge on any atom is 0.224 e. The molecule has 0 aromatic heterocycles. The monoisotopic (exact) mass is 355 g/mol. The summed E-state index contributed by atoms with van der Waals surface area (Å²) in [5.74, 6) is 1.13. The third-order valence-corrected chi connectivity index (χ3v) is 4.51. The van der Waals surface area contributed by atoms with Gasteiger partial charge in [0.25, 0.3) is 0 Å². The van der Waals surface area contributed by atoms with Crippen LogP contribution in [0.3, 0.4) is 0 Å². The van der Waals surface area contributed by atoms with Crippen LogP contribution >= 0.6 is 12.4 Å². The van der Waals surface area contributed by atoms with Gasteiger partial charge in [0.1, 0.15) is 5.75 Å². The van der Waals surface area contributed by atoms with E-state index in [0.717, 1.165) is 44.6 Å². The summed E-state index contributed by atoms with van der Waals surface area (Å²) < 4.78 is 5.31. The normalized spacial score (nSPS) is 17.9. The van der Waals surface area contributed by atoms with Gasteiger partial charge in [-0.2, -0.15) is 0 Å². The van der Waals surface area contributed by atoms with Gasteiger partial charge in [0.05, 0.1) is 13.0 Å². The summed E-state index contributed by atoms with van der Waals surface area (Å²) >= 11 is 0. The van der Waals surface area contributed by atoms with Crippen molar-refractivity contribution >= 4 is 18.3 Å². The highest BCUT2D eigenvalue weighted by atomic mass is 35.5. The second kappa shape index (κ2) is 10.5. The van der Waals surface area contributed by atoms with Crippen LogP contribution in [0.25, 0.3) is 0 Å². The number of ether oxygens (including phenoxy) is 1. The molecule has 1 aliphatic heterocycles. The number of nitrogens with two attached hydrogens (primary N) is 1. The first-order chi connectivity index (χ1) is 11.2. The van der Waals surface area contributed by atoms with Gasteiger partial charge in [-0.05, 0) is 49.1 Å². The van der Waals surface area contributed by atoms with Gasteiger partial charge >= 0.3 is 0 Å². The van der Waals surface area contributed by atoms with Crippen LogP contribution in [-0.4, -0.2) is 44.1 Å². The van der Waals surface area contributed by atoms with E-state index in [1.807, 2.05) is 6.07 Å². The Balaban J connectivity index is 0.00000288. The second-order valence-corrected chi connectivity index (χ2v) is 6.14. The molecule has 0 aliphatic carbocycles. The highest BCUT2D eigenvalue weighted by molar-refractivity contribution is 5.85. The summed E-state index contributed by atoms with van der Waals surface area (Å²) in [5.41, 5.74) is 8.10. The van der Waals surface area contributed by atoms with Crippen molar-refractivity contribution in [1.82, 2.24) is 10.2 Å². The van der Waals surface area contributed by atoms with Crippen molar-refractivity contribution < 1.29 is 9.53 Å². The van der Waals surface area contributed by atoms with Gasteiger partial charge in [0, 0.05) is 26.2 Å². The molecule has 1 aromatic carbocycles. The van der Waals surface area contributed by atoms with E-state index in [4.69, 9.17) is 10.5 Å². The first kappa shape index (κ1) is 20.7. The number of carbonyl (C=O) groups excluding carboxylic acids is 1. The van der Waals surface area contributed by atoms with Gasteiger partial charge in [0.15, 0.2) is 0 Å². The van der Waals surface area contributed by atoms with E-state index in [0.29, 0.717) is 13.1 Å². The number of aryl methyl sites for hydroxylation is 1. The quantitative estimate of drug-likeness (QED) is 0.784. The van der Waals surface area contributed by atoms with E-state index in [2.05, 4.69) is 29.3 Å². The van der Waals surface area contributed by atoms with E-state index in [-0.39, 0.29) is 24.2 Å². The van der Waals surface area contributed by atoms with Gasteiger partial charge in [-0.25, -0.2) is 0 Å². The van der Waals surface area contributed by atoms with Crippen LogP contribution in [0.5, 0.6) is 5.75 Å². The molecule has 1 aromatic rings. The number of hydrogen-bond donors (Lipinski definition) is 2. The molecule has 1 heterocycles. The molecule has 136 valence electrons. The Labute approximate surface area is 151 Å². The number of halogens is 1. The molecule has 0 spiro atoms. The second-order valence-electron chi connectivity index (χ2n) is 6.14. The van der Waals surface area contributed by atoms with Gasteiger partial charge < -0.3 is 15.8 Å². The number of likely N-dealkylation sites (tertiary alicyclic amines) is 1. The number of piperidine rings is 1. The fourth-order valence-electron chi connectivity index (χ4n) is 3.21. The molecule has 3 N–H and O–H groups in total. The summed E-state index contributed by atoms with van der Waals surface area (Å²) in [5, 5.41) is 2.92. The van der Waals surface area contributed by atoms with Crippen LogP contribution in [0.1, 0.15) is 30.9 Å². The summed E-state index contributed by atoms with van der Waals surface area (Å²) in [4.78, 5) is 14.5. The highest BCUT2D eigenvalue weighted by Crippen LogP contribution is 2.23. The molecule has 6 heteroatoms. The molecule has 2 rings (SSSR count). The molecule has 0 bridgehead atoms. The Kier molecular flexibility index (Phi) is 9.11. The summed E-state index contributed by atoms with van der Waals surface area (Å²) in [6.07, 6.45) is 3.02. The van der Waals surface area contributed by atoms with Crippen molar-refractivity contribution in [1.29, 1.82) is 0 Å². The Bertz CT molecular complexity index is 525. The minimum Gasteiger partial charge on any atom is -0.497 e. The maximum atomic E-state index is 12.2. The van der Waals surface area contributed by atoms with Gasteiger partial charge in [-0.1, -0.05) is 13.0 Å². The predicted molar refractivity (Wildman–Crippen MR) is 99.7 cm³/mol. The predicted octanol–water partition coefficient (Wildman–Crippen LogP) is 1.97. The summed E-state index contributed by atoms with van der Waals surface area (Å²) in [6.45, 7) is 5.99. The average Bonchev–Trinajstić information content (AvgIpc) is 2.60. The van der Waals surface area contributed by atoms with E-state index in [9.17, 15) is 4.79 Å². The molecule has 0 radical (unpaired) electrons. The van der Waals surface area contributed by atoms with Crippen LogP contribution < -0.4 is 15.8 Å². The van der Waals surface area contributed by atoms with Crippen molar-refractivity contribution in [3.63, 3.8) is 0 Å². The minimum absolute atomic E-state index is 0. The number of carbonyl (C=O) groups is 1. The fourth-order valence-corrected chi connectivity index (χ4v) is 3.21. The number of amides is 1.